The summed E-state index contributed by atoms with van der Waals surface area (Å²) >= 11 is 1.42. The summed E-state index contributed by atoms with van der Waals surface area (Å²) < 4.78 is 37.0. The highest BCUT2D eigenvalue weighted by atomic mass is 32.2. The molecule has 1 amide bonds. The Morgan fingerprint density at radius 1 is 1.19 bits per heavy atom. The van der Waals surface area contributed by atoms with Gasteiger partial charge in [-0.15, -0.1) is 11.8 Å². The first-order valence-corrected chi connectivity index (χ1v) is 9.15. The first-order chi connectivity index (χ1) is 12.9. The molecule has 0 saturated carbocycles. The first kappa shape index (κ1) is 19.2. The van der Waals surface area contributed by atoms with Crippen LogP contribution in [-0.4, -0.2) is 29.6 Å². The smallest absolute Gasteiger partial charge is 0.308 e. The molecule has 1 aliphatic rings. The minimum Gasteiger partial charge on any atom is -0.493 e. The van der Waals surface area contributed by atoms with Crippen molar-refractivity contribution >= 4 is 23.6 Å². The van der Waals surface area contributed by atoms with Gasteiger partial charge in [-0.1, -0.05) is 12.1 Å². The van der Waals surface area contributed by atoms with Gasteiger partial charge in [-0.3, -0.25) is 9.59 Å². The van der Waals surface area contributed by atoms with E-state index in [9.17, 15) is 18.4 Å². The van der Waals surface area contributed by atoms with Crippen LogP contribution in [0.15, 0.2) is 36.4 Å². The quantitative estimate of drug-likeness (QED) is 0.573. The van der Waals surface area contributed by atoms with E-state index in [1.54, 1.807) is 23.1 Å². The first-order valence-electron chi connectivity index (χ1n) is 8.10. The highest BCUT2D eigenvalue weighted by molar-refractivity contribution is 8.00. The number of nitrogens with zero attached hydrogens (tertiary/aromatic N) is 1. The summed E-state index contributed by atoms with van der Waals surface area (Å²) in [5, 5.41) is -0.314. The Bertz CT molecular complexity index is 890. The van der Waals surface area contributed by atoms with E-state index in [-0.39, 0.29) is 29.3 Å². The van der Waals surface area contributed by atoms with Crippen LogP contribution in [0.5, 0.6) is 11.5 Å². The summed E-state index contributed by atoms with van der Waals surface area (Å²) in [7, 11) is 1.46. The number of amides is 1. The van der Waals surface area contributed by atoms with Crippen molar-refractivity contribution in [2.24, 2.45) is 0 Å². The number of halogens is 2. The average Bonchev–Trinajstić information content (AvgIpc) is 2.99. The predicted molar refractivity (Wildman–Crippen MR) is 96.4 cm³/mol. The third-order valence-electron chi connectivity index (χ3n) is 4.03. The van der Waals surface area contributed by atoms with E-state index in [0.29, 0.717) is 11.3 Å². The molecule has 1 unspecified atom stereocenters. The SMILES string of the molecule is COc1cc(C2SCC(=O)N2Cc2ccc(F)c(F)c2)ccc1OC(C)=O. The second-order valence-corrected chi connectivity index (χ2v) is 7.01. The number of esters is 1. The highest BCUT2D eigenvalue weighted by Crippen LogP contribution is 2.42. The van der Waals surface area contributed by atoms with Crippen LogP contribution >= 0.6 is 11.8 Å². The fourth-order valence-electron chi connectivity index (χ4n) is 2.81. The van der Waals surface area contributed by atoms with Gasteiger partial charge in [-0.05, 0) is 35.4 Å². The standard InChI is InChI=1S/C19H17F2NO4S/c1-11(23)26-16-6-4-13(8-17(16)25-2)19-22(18(24)10-27-19)9-12-3-5-14(20)15(21)7-12/h3-8,19H,9-10H2,1-2H3. The van der Waals surface area contributed by atoms with Gasteiger partial charge in [0.2, 0.25) is 5.91 Å². The highest BCUT2D eigenvalue weighted by Gasteiger charge is 2.33. The van der Waals surface area contributed by atoms with E-state index in [1.165, 1.54) is 31.9 Å². The van der Waals surface area contributed by atoms with E-state index < -0.39 is 17.6 Å². The van der Waals surface area contributed by atoms with E-state index in [0.717, 1.165) is 17.7 Å². The molecular formula is C19H17F2NO4S. The number of benzene rings is 2. The normalized spacial score (nSPS) is 16.5. The summed E-state index contributed by atoms with van der Waals surface area (Å²) in [6, 6.07) is 8.64. The van der Waals surface area contributed by atoms with Gasteiger partial charge in [0.25, 0.3) is 0 Å². The molecule has 3 rings (SSSR count). The Morgan fingerprint density at radius 2 is 1.96 bits per heavy atom. The molecule has 27 heavy (non-hydrogen) atoms. The molecule has 2 aromatic carbocycles. The van der Waals surface area contributed by atoms with Crippen LogP contribution in [0.25, 0.3) is 0 Å². The van der Waals surface area contributed by atoms with Crippen LogP contribution in [0.4, 0.5) is 8.78 Å². The molecule has 8 heteroatoms. The van der Waals surface area contributed by atoms with Crippen molar-refractivity contribution in [3.63, 3.8) is 0 Å². The summed E-state index contributed by atoms with van der Waals surface area (Å²) in [5.74, 6) is -1.50. The molecular weight excluding hydrogens is 376 g/mol. The average molecular weight is 393 g/mol. The zero-order valence-corrected chi connectivity index (χ0v) is 15.5. The molecule has 1 heterocycles. The van der Waals surface area contributed by atoms with Crippen LogP contribution in [0.2, 0.25) is 0 Å². The lowest BCUT2D eigenvalue weighted by atomic mass is 10.1. The van der Waals surface area contributed by atoms with Crippen LogP contribution in [0.1, 0.15) is 23.4 Å². The summed E-state index contributed by atoms with van der Waals surface area (Å²) in [6.45, 7) is 1.45. The van der Waals surface area contributed by atoms with Crippen molar-refractivity contribution in [2.75, 3.05) is 12.9 Å². The van der Waals surface area contributed by atoms with E-state index in [2.05, 4.69) is 0 Å². The van der Waals surface area contributed by atoms with Crippen molar-refractivity contribution < 1.29 is 27.8 Å². The number of carbonyl (C=O) groups is 2. The molecule has 0 radical (unpaired) electrons. The zero-order chi connectivity index (χ0) is 19.6. The number of thioether (sulfide) groups is 1. The maximum absolute atomic E-state index is 13.5. The number of hydrogen-bond donors (Lipinski definition) is 0. The molecule has 142 valence electrons. The number of rotatable bonds is 5. The molecule has 5 nitrogen and oxygen atoms in total. The molecule has 2 aromatic rings. The summed E-state index contributed by atoms with van der Waals surface area (Å²) in [6.07, 6.45) is 0. The van der Waals surface area contributed by atoms with E-state index in [4.69, 9.17) is 9.47 Å². The third kappa shape index (κ3) is 4.21. The maximum Gasteiger partial charge on any atom is 0.308 e. The van der Waals surface area contributed by atoms with Crippen LogP contribution in [-0.2, 0) is 16.1 Å². The van der Waals surface area contributed by atoms with Gasteiger partial charge in [0.05, 0.1) is 12.9 Å². The lowest BCUT2D eigenvalue weighted by Crippen LogP contribution is -2.27. The van der Waals surface area contributed by atoms with Crippen molar-refractivity contribution in [1.82, 2.24) is 4.90 Å². The molecule has 0 spiro atoms. The molecule has 1 aliphatic heterocycles. The number of methoxy groups -OCH3 is 1. The lowest BCUT2D eigenvalue weighted by molar-refractivity contribution is -0.132. The Labute approximate surface area is 159 Å². The Hall–Kier alpha value is -2.61. The van der Waals surface area contributed by atoms with Gasteiger partial charge in [-0.2, -0.15) is 0 Å². The topological polar surface area (TPSA) is 55.8 Å². The molecule has 0 bridgehead atoms. The summed E-state index contributed by atoms with van der Waals surface area (Å²) in [5.41, 5.74) is 1.28. The largest absolute Gasteiger partial charge is 0.493 e. The maximum atomic E-state index is 13.5. The number of hydrogen-bond acceptors (Lipinski definition) is 5. The third-order valence-corrected chi connectivity index (χ3v) is 5.29. The van der Waals surface area contributed by atoms with Gasteiger partial charge >= 0.3 is 5.97 Å². The van der Waals surface area contributed by atoms with E-state index >= 15 is 0 Å². The van der Waals surface area contributed by atoms with Crippen molar-refractivity contribution in [1.29, 1.82) is 0 Å². The van der Waals surface area contributed by atoms with Crippen LogP contribution in [0.3, 0.4) is 0 Å². The molecule has 0 aliphatic carbocycles. The number of ether oxygens (including phenoxy) is 2. The fourth-order valence-corrected chi connectivity index (χ4v) is 3.99. The van der Waals surface area contributed by atoms with Gasteiger partial charge in [0.15, 0.2) is 23.1 Å². The molecule has 1 saturated heterocycles. The minimum atomic E-state index is -0.948. The molecule has 1 fully saturated rings. The zero-order valence-electron chi connectivity index (χ0n) is 14.7. The Morgan fingerprint density at radius 3 is 2.63 bits per heavy atom. The van der Waals surface area contributed by atoms with Crippen molar-refractivity contribution in [2.45, 2.75) is 18.8 Å². The van der Waals surface area contributed by atoms with Gasteiger partial charge < -0.3 is 14.4 Å². The minimum absolute atomic E-state index is 0.0993. The van der Waals surface area contributed by atoms with Gasteiger partial charge in [0, 0.05) is 13.5 Å². The Kier molecular flexibility index (Phi) is 5.65. The van der Waals surface area contributed by atoms with Gasteiger partial charge in [0.1, 0.15) is 5.37 Å². The van der Waals surface area contributed by atoms with Crippen LogP contribution in [0, 0.1) is 11.6 Å². The summed E-state index contributed by atoms with van der Waals surface area (Å²) in [4.78, 5) is 25.1. The molecule has 1 atom stereocenters. The Balaban J connectivity index is 1.87. The van der Waals surface area contributed by atoms with Crippen molar-refractivity contribution in [3.8, 4) is 11.5 Å². The predicted octanol–water partition coefficient (Wildman–Crippen LogP) is 3.67. The second-order valence-electron chi connectivity index (χ2n) is 5.94. The monoisotopic (exact) mass is 393 g/mol. The number of carbonyl (C=O) groups excluding carboxylic acids is 2. The lowest BCUT2D eigenvalue weighted by Gasteiger charge is -2.25. The fraction of sp³-hybridized carbons (Fsp3) is 0.263. The van der Waals surface area contributed by atoms with Gasteiger partial charge in [-0.25, -0.2) is 8.78 Å². The van der Waals surface area contributed by atoms with Crippen LogP contribution < -0.4 is 9.47 Å². The molecule has 0 aromatic heterocycles. The van der Waals surface area contributed by atoms with E-state index in [1.807, 2.05) is 0 Å². The molecule has 0 N–H and O–H groups in total. The second kappa shape index (κ2) is 7.96. The van der Waals surface area contributed by atoms with Crippen molar-refractivity contribution in [3.05, 3.63) is 59.2 Å².